The van der Waals surface area contributed by atoms with E-state index in [9.17, 15) is 9.59 Å². The van der Waals surface area contributed by atoms with Crippen LogP contribution in [0.2, 0.25) is 5.02 Å². The Morgan fingerprint density at radius 1 is 1.23 bits per heavy atom. The maximum Gasteiger partial charge on any atom is 0.272 e. The first-order valence-electron chi connectivity index (χ1n) is 10.6. The van der Waals surface area contributed by atoms with Gasteiger partial charge in [-0.25, -0.2) is 4.98 Å². The van der Waals surface area contributed by atoms with Crippen molar-refractivity contribution in [2.24, 2.45) is 5.41 Å². The van der Waals surface area contributed by atoms with Gasteiger partial charge < -0.3 is 20.1 Å². The number of fused-ring (bicyclic) bond motifs is 1. The minimum Gasteiger partial charge on any atom is -0.357 e. The number of aryl methyl sites for hydroxylation is 1. The van der Waals surface area contributed by atoms with E-state index in [1.165, 1.54) is 0 Å². The zero-order valence-corrected chi connectivity index (χ0v) is 19.9. The fourth-order valence-corrected chi connectivity index (χ4v) is 4.25. The molecule has 1 aliphatic heterocycles. The predicted octanol–water partition coefficient (Wildman–Crippen LogP) is 3.24. The quantitative estimate of drug-likeness (QED) is 0.757. The van der Waals surface area contributed by atoms with Crippen molar-refractivity contribution in [3.8, 4) is 11.4 Å². The van der Waals surface area contributed by atoms with Crippen LogP contribution in [0.1, 0.15) is 48.9 Å². The lowest BCUT2D eigenvalue weighted by molar-refractivity contribution is -0.124. The van der Waals surface area contributed by atoms with Crippen LogP contribution in [0.3, 0.4) is 0 Å². The molecule has 2 heterocycles. The standard InChI is InChI=1S/C23H32ClN5O2/c1-14-8-9-15(16(24)12-14)20-26-18(17-13-28(6)10-7-11-29(17)20)21(30)27-19(22(31)25-5)23(2,3)4/h8-9,12,19H,7,10-11,13H2,1-6H3,(H,25,31)(H,27,30). The number of imidazole rings is 1. The number of hydrogen-bond acceptors (Lipinski definition) is 4. The summed E-state index contributed by atoms with van der Waals surface area (Å²) in [6.07, 6.45) is 0.945. The van der Waals surface area contributed by atoms with Crippen LogP contribution in [0.4, 0.5) is 0 Å². The molecule has 0 spiro atoms. The van der Waals surface area contributed by atoms with E-state index < -0.39 is 11.5 Å². The molecule has 8 heteroatoms. The van der Waals surface area contributed by atoms with Gasteiger partial charge in [-0.05, 0) is 50.0 Å². The average Bonchev–Trinajstić information content (AvgIpc) is 2.90. The molecule has 31 heavy (non-hydrogen) atoms. The van der Waals surface area contributed by atoms with Gasteiger partial charge in [0.05, 0.1) is 10.7 Å². The van der Waals surface area contributed by atoms with Crippen molar-refractivity contribution in [3.63, 3.8) is 0 Å². The summed E-state index contributed by atoms with van der Waals surface area (Å²) in [5, 5.41) is 6.17. The largest absolute Gasteiger partial charge is 0.357 e. The Hall–Kier alpha value is -2.38. The third kappa shape index (κ3) is 4.93. The molecule has 1 aromatic carbocycles. The molecule has 168 valence electrons. The Bertz CT molecular complexity index is 993. The molecule has 1 aromatic heterocycles. The van der Waals surface area contributed by atoms with Gasteiger partial charge in [0.15, 0.2) is 5.69 Å². The molecule has 1 aliphatic rings. The maximum atomic E-state index is 13.4. The van der Waals surface area contributed by atoms with Crippen LogP contribution in [0.15, 0.2) is 18.2 Å². The Morgan fingerprint density at radius 3 is 2.55 bits per heavy atom. The molecule has 2 amide bonds. The van der Waals surface area contributed by atoms with E-state index in [4.69, 9.17) is 16.6 Å². The molecule has 1 atom stereocenters. The molecule has 2 aromatic rings. The first kappa shape index (κ1) is 23.3. The number of halogens is 1. The molecule has 0 aliphatic carbocycles. The van der Waals surface area contributed by atoms with E-state index in [1.54, 1.807) is 7.05 Å². The number of nitrogens with one attached hydrogen (secondary N) is 2. The second-order valence-electron chi connectivity index (χ2n) is 9.34. The van der Waals surface area contributed by atoms with Crippen molar-refractivity contribution in [2.45, 2.75) is 53.2 Å². The molecule has 0 saturated heterocycles. The lowest BCUT2D eigenvalue weighted by atomic mass is 9.86. The van der Waals surface area contributed by atoms with Gasteiger partial charge in [0.2, 0.25) is 5.91 Å². The van der Waals surface area contributed by atoms with Crippen LogP contribution in [-0.4, -0.2) is 52.9 Å². The van der Waals surface area contributed by atoms with Gasteiger partial charge in [-0.2, -0.15) is 0 Å². The van der Waals surface area contributed by atoms with E-state index in [2.05, 4.69) is 20.1 Å². The number of nitrogens with zero attached hydrogens (tertiary/aromatic N) is 3. The van der Waals surface area contributed by atoms with Crippen LogP contribution in [0, 0.1) is 12.3 Å². The number of likely N-dealkylation sites (N-methyl/N-ethyl adjacent to an activating group) is 1. The first-order chi connectivity index (χ1) is 14.5. The molecule has 2 N–H and O–H groups in total. The SMILES string of the molecule is CNC(=O)C(NC(=O)c1nc(-c2ccc(C)cc2Cl)n2c1CN(C)CCC2)C(C)(C)C. The van der Waals surface area contributed by atoms with Crippen LogP contribution >= 0.6 is 11.6 Å². The highest BCUT2D eigenvalue weighted by Crippen LogP contribution is 2.32. The topological polar surface area (TPSA) is 79.3 Å². The normalized spacial score (nSPS) is 15.7. The molecule has 0 saturated carbocycles. The van der Waals surface area contributed by atoms with Crippen LogP contribution in [-0.2, 0) is 17.9 Å². The number of rotatable bonds is 4. The predicted molar refractivity (Wildman–Crippen MR) is 123 cm³/mol. The lowest BCUT2D eigenvalue weighted by Crippen LogP contribution is -2.53. The number of carbonyl (C=O) groups excluding carboxylic acids is 2. The van der Waals surface area contributed by atoms with E-state index in [-0.39, 0.29) is 11.8 Å². The number of hydrogen-bond donors (Lipinski definition) is 2. The summed E-state index contributed by atoms with van der Waals surface area (Å²) in [7, 11) is 3.60. The zero-order chi connectivity index (χ0) is 22.9. The Balaban J connectivity index is 2.08. The molecular formula is C23H32ClN5O2. The second-order valence-corrected chi connectivity index (χ2v) is 9.75. The maximum absolute atomic E-state index is 13.4. The summed E-state index contributed by atoms with van der Waals surface area (Å²) in [6.45, 7) is 10.0. The monoisotopic (exact) mass is 445 g/mol. The molecule has 0 bridgehead atoms. The Morgan fingerprint density at radius 2 is 1.94 bits per heavy atom. The van der Waals surface area contributed by atoms with Crippen molar-refractivity contribution < 1.29 is 9.59 Å². The number of carbonyl (C=O) groups is 2. The molecular weight excluding hydrogens is 414 g/mol. The van der Waals surface area contributed by atoms with Gasteiger partial charge in [-0.3, -0.25) is 9.59 Å². The second kappa shape index (κ2) is 9.01. The summed E-state index contributed by atoms with van der Waals surface area (Å²) in [5.41, 5.74) is 2.60. The molecule has 1 unspecified atom stereocenters. The summed E-state index contributed by atoms with van der Waals surface area (Å²) >= 11 is 6.55. The lowest BCUT2D eigenvalue weighted by Gasteiger charge is -2.29. The third-order valence-electron chi connectivity index (χ3n) is 5.64. The Kier molecular flexibility index (Phi) is 6.76. The van der Waals surface area contributed by atoms with Crippen molar-refractivity contribution in [2.75, 3.05) is 20.6 Å². The van der Waals surface area contributed by atoms with Gasteiger partial charge in [0.25, 0.3) is 5.91 Å². The van der Waals surface area contributed by atoms with Crippen LogP contribution in [0.25, 0.3) is 11.4 Å². The first-order valence-corrected chi connectivity index (χ1v) is 11.0. The minimum absolute atomic E-state index is 0.231. The highest BCUT2D eigenvalue weighted by Gasteiger charge is 2.34. The smallest absolute Gasteiger partial charge is 0.272 e. The van der Waals surface area contributed by atoms with Crippen LogP contribution < -0.4 is 10.6 Å². The van der Waals surface area contributed by atoms with Crippen molar-refractivity contribution in [1.82, 2.24) is 25.1 Å². The fraction of sp³-hybridized carbons (Fsp3) is 0.522. The summed E-state index contributed by atoms with van der Waals surface area (Å²) in [6, 6.07) is 5.17. The number of aromatic nitrogens is 2. The summed E-state index contributed by atoms with van der Waals surface area (Å²) in [5.74, 6) is 0.106. The van der Waals surface area contributed by atoms with E-state index in [1.807, 2.05) is 52.9 Å². The van der Waals surface area contributed by atoms with E-state index in [0.29, 0.717) is 23.1 Å². The summed E-state index contributed by atoms with van der Waals surface area (Å²) in [4.78, 5) is 32.8. The third-order valence-corrected chi connectivity index (χ3v) is 5.96. The van der Waals surface area contributed by atoms with Crippen molar-refractivity contribution in [1.29, 1.82) is 0 Å². The highest BCUT2D eigenvalue weighted by molar-refractivity contribution is 6.33. The van der Waals surface area contributed by atoms with Crippen molar-refractivity contribution >= 4 is 23.4 Å². The van der Waals surface area contributed by atoms with Crippen molar-refractivity contribution in [3.05, 3.63) is 40.2 Å². The Labute approximate surface area is 189 Å². The average molecular weight is 446 g/mol. The van der Waals surface area contributed by atoms with Gasteiger partial charge in [0, 0.05) is 25.7 Å². The number of amides is 2. The van der Waals surface area contributed by atoms with Gasteiger partial charge in [-0.1, -0.05) is 38.4 Å². The molecule has 0 radical (unpaired) electrons. The fourth-order valence-electron chi connectivity index (χ4n) is 3.93. The van der Waals surface area contributed by atoms with Gasteiger partial charge in [-0.15, -0.1) is 0 Å². The highest BCUT2D eigenvalue weighted by atomic mass is 35.5. The van der Waals surface area contributed by atoms with Gasteiger partial charge in [0.1, 0.15) is 11.9 Å². The van der Waals surface area contributed by atoms with E-state index >= 15 is 0 Å². The van der Waals surface area contributed by atoms with Gasteiger partial charge >= 0.3 is 0 Å². The molecule has 0 fully saturated rings. The van der Waals surface area contributed by atoms with Crippen LogP contribution in [0.5, 0.6) is 0 Å². The number of benzene rings is 1. The minimum atomic E-state index is -0.683. The molecule has 7 nitrogen and oxygen atoms in total. The summed E-state index contributed by atoms with van der Waals surface area (Å²) < 4.78 is 2.10. The molecule has 3 rings (SSSR count). The zero-order valence-electron chi connectivity index (χ0n) is 19.2. The van der Waals surface area contributed by atoms with E-state index in [0.717, 1.165) is 36.3 Å².